The van der Waals surface area contributed by atoms with Gasteiger partial charge in [-0.2, -0.15) is 0 Å². The Hall–Kier alpha value is -3.15. The highest BCUT2D eigenvalue weighted by atomic mass is 16.6. The van der Waals surface area contributed by atoms with Gasteiger partial charge in [-0.15, -0.1) is 0 Å². The first-order chi connectivity index (χ1) is 33.0. The molecule has 6 heteroatoms. The molecule has 386 valence electrons. The minimum Gasteiger partial charge on any atom is -0.462 e. The SMILES string of the molecule is CCCCC\C=C/C=C\C=C/C=C\CCCCCCCC(=O)OCC(COC(=O)CCCCC/C=C\CCCCCCCCC)OC(=O)CCCCCCCCC/C=C\CCCCCCCC. The van der Waals surface area contributed by atoms with Crippen molar-refractivity contribution >= 4 is 17.9 Å². The number of hydrogen-bond donors (Lipinski definition) is 0. The third-order valence-electron chi connectivity index (χ3n) is 12.2. The number of unbranched alkanes of at least 4 members (excludes halogenated alkanes) is 31. The average Bonchev–Trinajstić information content (AvgIpc) is 3.33. The van der Waals surface area contributed by atoms with Crippen LogP contribution in [0.1, 0.15) is 278 Å². The van der Waals surface area contributed by atoms with Gasteiger partial charge in [0.05, 0.1) is 0 Å². The summed E-state index contributed by atoms with van der Waals surface area (Å²) < 4.78 is 16.8. The molecule has 0 aliphatic heterocycles. The van der Waals surface area contributed by atoms with Crippen molar-refractivity contribution in [1.29, 1.82) is 0 Å². The smallest absolute Gasteiger partial charge is 0.306 e. The van der Waals surface area contributed by atoms with Crippen molar-refractivity contribution in [3.63, 3.8) is 0 Å². The van der Waals surface area contributed by atoms with Gasteiger partial charge in [0.2, 0.25) is 0 Å². The Kier molecular flexibility index (Phi) is 52.8. The normalized spacial score (nSPS) is 12.6. The number of hydrogen-bond acceptors (Lipinski definition) is 6. The van der Waals surface area contributed by atoms with Gasteiger partial charge >= 0.3 is 17.9 Å². The number of carbonyl (C=O) groups is 3. The van der Waals surface area contributed by atoms with Crippen molar-refractivity contribution in [2.45, 2.75) is 284 Å². The van der Waals surface area contributed by atoms with Gasteiger partial charge < -0.3 is 14.2 Å². The highest BCUT2D eigenvalue weighted by Crippen LogP contribution is 2.15. The molecule has 0 rings (SSSR count). The van der Waals surface area contributed by atoms with E-state index in [9.17, 15) is 14.4 Å². The van der Waals surface area contributed by atoms with Gasteiger partial charge in [0, 0.05) is 19.3 Å². The van der Waals surface area contributed by atoms with Gasteiger partial charge in [0.15, 0.2) is 6.10 Å². The molecule has 0 N–H and O–H groups in total. The van der Waals surface area contributed by atoms with E-state index in [1.165, 1.54) is 141 Å². The summed E-state index contributed by atoms with van der Waals surface area (Å²) in [5.41, 5.74) is 0. The van der Waals surface area contributed by atoms with Crippen LogP contribution in [0, 0.1) is 0 Å². The van der Waals surface area contributed by atoms with E-state index in [4.69, 9.17) is 14.2 Å². The topological polar surface area (TPSA) is 78.9 Å². The standard InChI is InChI=1S/C61H106O6/c1-4-7-10-13-16-19-22-25-28-30-32-33-36-39-42-45-48-51-54-60(63)66-57-58(56-65-59(62)53-50-47-44-41-38-35-27-24-21-18-15-12-9-6-3)67-61(64)55-52-49-46-43-40-37-34-31-29-26-23-20-17-14-11-8-5-2/h16,19,22,25-26,28-30,32-33,35,38,58H,4-15,17-18,20-21,23-24,27,31,34,36-37,39-57H2,1-3H3/b19-16-,25-22-,29-26-,30-28-,33-32-,38-35-. The van der Waals surface area contributed by atoms with Crippen LogP contribution >= 0.6 is 0 Å². The highest BCUT2D eigenvalue weighted by Gasteiger charge is 2.19. The van der Waals surface area contributed by atoms with Crippen LogP contribution in [0.5, 0.6) is 0 Å². The zero-order valence-electron chi connectivity index (χ0n) is 44.2. The quantitative estimate of drug-likeness (QED) is 0.0199. The van der Waals surface area contributed by atoms with Crippen molar-refractivity contribution in [2.24, 2.45) is 0 Å². The molecule has 1 atom stereocenters. The molecule has 0 saturated carbocycles. The predicted molar refractivity (Wildman–Crippen MR) is 288 cm³/mol. The lowest BCUT2D eigenvalue weighted by Gasteiger charge is -2.18. The molecule has 67 heavy (non-hydrogen) atoms. The second kappa shape index (κ2) is 55.4. The number of carbonyl (C=O) groups excluding carboxylic acids is 3. The molecule has 0 bridgehead atoms. The van der Waals surface area contributed by atoms with Gasteiger partial charge in [-0.1, -0.05) is 235 Å². The Bertz CT molecular complexity index is 1260. The maximum Gasteiger partial charge on any atom is 0.306 e. The number of ether oxygens (including phenoxy) is 3. The van der Waals surface area contributed by atoms with E-state index in [1.54, 1.807) is 0 Å². The molecule has 0 heterocycles. The Balaban J connectivity index is 4.45. The van der Waals surface area contributed by atoms with E-state index in [0.29, 0.717) is 19.3 Å². The molecule has 0 amide bonds. The fourth-order valence-corrected chi connectivity index (χ4v) is 7.91. The van der Waals surface area contributed by atoms with Crippen molar-refractivity contribution in [1.82, 2.24) is 0 Å². The van der Waals surface area contributed by atoms with E-state index in [-0.39, 0.29) is 31.1 Å². The van der Waals surface area contributed by atoms with Crippen LogP contribution in [0.4, 0.5) is 0 Å². The fraction of sp³-hybridized carbons (Fsp3) is 0.754. The van der Waals surface area contributed by atoms with Crippen molar-refractivity contribution in [2.75, 3.05) is 13.2 Å². The summed E-state index contributed by atoms with van der Waals surface area (Å²) in [6.07, 6.45) is 70.2. The highest BCUT2D eigenvalue weighted by molar-refractivity contribution is 5.71. The van der Waals surface area contributed by atoms with Gasteiger partial charge in [-0.3, -0.25) is 14.4 Å². The van der Waals surface area contributed by atoms with E-state index in [1.807, 2.05) is 0 Å². The van der Waals surface area contributed by atoms with Crippen LogP contribution < -0.4 is 0 Å². The molecule has 0 spiro atoms. The average molecular weight is 936 g/mol. The second-order valence-corrected chi connectivity index (χ2v) is 18.9. The van der Waals surface area contributed by atoms with Crippen LogP contribution in [0.25, 0.3) is 0 Å². The van der Waals surface area contributed by atoms with E-state index < -0.39 is 6.10 Å². The zero-order valence-corrected chi connectivity index (χ0v) is 44.2. The Morgan fingerprint density at radius 3 is 0.925 bits per heavy atom. The molecular weight excluding hydrogens is 829 g/mol. The van der Waals surface area contributed by atoms with Crippen LogP contribution in [0.3, 0.4) is 0 Å². The molecule has 6 nitrogen and oxygen atoms in total. The minimum atomic E-state index is -0.794. The van der Waals surface area contributed by atoms with E-state index in [0.717, 1.165) is 96.3 Å². The largest absolute Gasteiger partial charge is 0.462 e. The van der Waals surface area contributed by atoms with Crippen LogP contribution in [-0.4, -0.2) is 37.2 Å². The Labute approximate surface area is 414 Å². The molecule has 0 aliphatic rings. The van der Waals surface area contributed by atoms with E-state index in [2.05, 4.69) is 93.7 Å². The molecule has 0 fully saturated rings. The molecule has 0 aromatic carbocycles. The monoisotopic (exact) mass is 935 g/mol. The summed E-state index contributed by atoms with van der Waals surface area (Å²) in [5.74, 6) is -0.927. The summed E-state index contributed by atoms with van der Waals surface area (Å²) in [6.45, 7) is 6.57. The maximum atomic E-state index is 12.8. The summed E-state index contributed by atoms with van der Waals surface area (Å²) in [6, 6.07) is 0. The molecule has 0 aromatic rings. The molecule has 0 saturated heterocycles. The Morgan fingerprint density at radius 2 is 0.552 bits per heavy atom. The second-order valence-electron chi connectivity index (χ2n) is 18.9. The van der Waals surface area contributed by atoms with Gasteiger partial charge in [0.25, 0.3) is 0 Å². The predicted octanol–water partition coefficient (Wildman–Crippen LogP) is 19.0. The summed E-state index contributed by atoms with van der Waals surface area (Å²) in [5, 5.41) is 0. The molecule has 0 aromatic heterocycles. The first-order valence-electron chi connectivity index (χ1n) is 28.5. The minimum absolute atomic E-state index is 0.0924. The third kappa shape index (κ3) is 53.7. The van der Waals surface area contributed by atoms with Gasteiger partial charge in [-0.25, -0.2) is 0 Å². The lowest BCUT2D eigenvalue weighted by molar-refractivity contribution is -0.167. The molecule has 1 unspecified atom stereocenters. The third-order valence-corrected chi connectivity index (χ3v) is 12.2. The fourth-order valence-electron chi connectivity index (χ4n) is 7.91. The lowest BCUT2D eigenvalue weighted by atomic mass is 10.1. The molecular formula is C61H106O6. The van der Waals surface area contributed by atoms with E-state index >= 15 is 0 Å². The zero-order chi connectivity index (χ0) is 48.6. The first kappa shape index (κ1) is 63.8. The lowest BCUT2D eigenvalue weighted by Crippen LogP contribution is -2.30. The summed E-state index contributed by atoms with van der Waals surface area (Å²) in [7, 11) is 0. The van der Waals surface area contributed by atoms with Crippen LogP contribution in [-0.2, 0) is 28.6 Å². The summed E-state index contributed by atoms with van der Waals surface area (Å²) >= 11 is 0. The molecule has 0 radical (unpaired) electrons. The summed E-state index contributed by atoms with van der Waals surface area (Å²) in [4.78, 5) is 38.1. The number of allylic oxidation sites excluding steroid dienone is 12. The Morgan fingerprint density at radius 1 is 0.299 bits per heavy atom. The number of esters is 3. The van der Waals surface area contributed by atoms with Gasteiger partial charge in [-0.05, 0) is 96.3 Å². The van der Waals surface area contributed by atoms with Crippen LogP contribution in [0.15, 0.2) is 72.9 Å². The van der Waals surface area contributed by atoms with Crippen LogP contribution in [0.2, 0.25) is 0 Å². The van der Waals surface area contributed by atoms with Crippen molar-refractivity contribution in [3.8, 4) is 0 Å². The first-order valence-corrected chi connectivity index (χ1v) is 28.5. The van der Waals surface area contributed by atoms with Crippen molar-refractivity contribution in [3.05, 3.63) is 72.9 Å². The van der Waals surface area contributed by atoms with Gasteiger partial charge in [0.1, 0.15) is 13.2 Å². The number of rotatable bonds is 51. The van der Waals surface area contributed by atoms with Crippen molar-refractivity contribution < 1.29 is 28.6 Å². The maximum absolute atomic E-state index is 12.8. The molecule has 0 aliphatic carbocycles.